The van der Waals surface area contributed by atoms with Crippen LogP contribution in [-0.2, 0) is 13.0 Å². The third-order valence-electron chi connectivity index (χ3n) is 5.93. The molecule has 9 nitrogen and oxygen atoms in total. The summed E-state index contributed by atoms with van der Waals surface area (Å²) in [6.45, 7) is 6.78. The molecule has 0 radical (unpaired) electrons. The minimum atomic E-state index is -0.223. The molecule has 0 aliphatic rings. The molecule has 0 saturated carbocycles. The normalized spacial score (nSPS) is 11.5. The second-order valence-corrected chi connectivity index (χ2v) is 8.60. The first kappa shape index (κ1) is 21.7. The maximum atomic E-state index is 12.9. The maximum Gasteiger partial charge on any atom is 0.290 e. The van der Waals surface area contributed by atoms with E-state index in [1.54, 1.807) is 0 Å². The minimum absolute atomic E-state index is 0.139. The van der Waals surface area contributed by atoms with E-state index in [0.29, 0.717) is 23.4 Å². The average Bonchev–Trinajstić information content (AvgIpc) is 3.51. The summed E-state index contributed by atoms with van der Waals surface area (Å²) in [4.78, 5) is 17.8. The van der Waals surface area contributed by atoms with E-state index >= 15 is 0 Å². The van der Waals surface area contributed by atoms with Crippen molar-refractivity contribution in [1.82, 2.24) is 40.4 Å². The summed E-state index contributed by atoms with van der Waals surface area (Å²) in [5.74, 6) is 1.54. The maximum absolute atomic E-state index is 12.9. The first-order valence-electron chi connectivity index (χ1n) is 11.5. The molecule has 0 fully saturated rings. The number of aryl methyl sites for hydroxylation is 1. The highest BCUT2D eigenvalue weighted by Crippen LogP contribution is 2.33. The molecule has 0 amide bonds. The van der Waals surface area contributed by atoms with Crippen molar-refractivity contribution in [3.8, 4) is 22.5 Å². The molecule has 172 valence electrons. The van der Waals surface area contributed by atoms with Gasteiger partial charge in [-0.3, -0.25) is 4.79 Å². The van der Waals surface area contributed by atoms with Gasteiger partial charge in [-0.15, -0.1) is 10.2 Å². The number of imidazole rings is 1. The van der Waals surface area contributed by atoms with E-state index in [9.17, 15) is 4.79 Å². The molecule has 0 saturated heterocycles. The van der Waals surface area contributed by atoms with E-state index in [1.165, 1.54) is 0 Å². The molecule has 34 heavy (non-hydrogen) atoms. The van der Waals surface area contributed by atoms with Crippen molar-refractivity contribution in [1.29, 1.82) is 0 Å². The van der Waals surface area contributed by atoms with Crippen molar-refractivity contribution in [2.45, 2.75) is 46.1 Å². The number of nitrogens with zero attached hydrogens (tertiary/aromatic N) is 6. The van der Waals surface area contributed by atoms with Gasteiger partial charge in [0.25, 0.3) is 5.56 Å². The highest BCUT2D eigenvalue weighted by Gasteiger charge is 2.21. The van der Waals surface area contributed by atoms with Crippen LogP contribution >= 0.6 is 0 Å². The van der Waals surface area contributed by atoms with Crippen LogP contribution in [0.25, 0.3) is 33.5 Å². The molecule has 5 aromatic rings. The van der Waals surface area contributed by atoms with Crippen molar-refractivity contribution in [2.75, 3.05) is 0 Å². The van der Waals surface area contributed by atoms with Crippen LogP contribution in [0.15, 0.2) is 53.3 Å². The molecule has 3 heterocycles. The zero-order chi connectivity index (χ0) is 23.7. The lowest BCUT2D eigenvalue weighted by Crippen LogP contribution is -2.16. The first-order valence-corrected chi connectivity index (χ1v) is 11.5. The van der Waals surface area contributed by atoms with Crippen LogP contribution < -0.4 is 5.56 Å². The molecule has 9 heteroatoms. The number of hydrogen-bond acceptors (Lipinski definition) is 6. The molecular formula is C25H26N8O. The van der Waals surface area contributed by atoms with E-state index in [4.69, 9.17) is 4.98 Å². The monoisotopic (exact) mass is 454 g/mol. The molecule has 2 aromatic carbocycles. The Balaban J connectivity index is 1.69. The van der Waals surface area contributed by atoms with E-state index in [0.717, 1.165) is 46.6 Å². The van der Waals surface area contributed by atoms with Gasteiger partial charge in [0, 0.05) is 11.5 Å². The molecule has 0 bridgehead atoms. The van der Waals surface area contributed by atoms with E-state index in [-0.39, 0.29) is 11.5 Å². The highest BCUT2D eigenvalue weighted by atomic mass is 16.1. The number of fused-ring (bicyclic) bond motifs is 1. The molecule has 0 aliphatic heterocycles. The third kappa shape index (κ3) is 3.79. The van der Waals surface area contributed by atoms with Gasteiger partial charge in [0.05, 0.1) is 12.2 Å². The van der Waals surface area contributed by atoms with Crippen LogP contribution in [0.4, 0.5) is 0 Å². The lowest BCUT2D eigenvalue weighted by atomic mass is 9.95. The summed E-state index contributed by atoms with van der Waals surface area (Å²) >= 11 is 0. The molecule has 5 rings (SSSR count). The number of hydrogen-bond donors (Lipinski definition) is 2. The van der Waals surface area contributed by atoms with Crippen LogP contribution in [0.1, 0.15) is 50.2 Å². The van der Waals surface area contributed by atoms with E-state index in [1.807, 2.05) is 34.9 Å². The number of rotatable bonds is 7. The standard InChI is InChI=1S/C25H26N8O/c1-4-9-20-21-22(25(34)30-27-20)33(24(26-21)15(2)3)14-16-10-5-6-11-17(16)18-12-7-8-13-19(18)23-28-31-32-29-23/h5-8,10-13,15H,4,9,14H2,1-3H3,(H,30,34)(H,28,29,31,32). The number of benzene rings is 2. The fraction of sp³-hybridized carbons (Fsp3) is 0.280. The highest BCUT2D eigenvalue weighted by molar-refractivity contribution is 5.82. The van der Waals surface area contributed by atoms with Crippen molar-refractivity contribution >= 4 is 11.0 Å². The Bertz CT molecular complexity index is 1500. The van der Waals surface area contributed by atoms with Gasteiger partial charge >= 0.3 is 0 Å². The van der Waals surface area contributed by atoms with Crippen molar-refractivity contribution in [3.63, 3.8) is 0 Å². The Morgan fingerprint density at radius 2 is 1.71 bits per heavy atom. The minimum Gasteiger partial charge on any atom is -0.319 e. The van der Waals surface area contributed by atoms with Crippen LogP contribution in [-0.4, -0.2) is 40.4 Å². The quantitative estimate of drug-likeness (QED) is 0.382. The van der Waals surface area contributed by atoms with Crippen LogP contribution in [0.5, 0.6) is 0 Å². The SMILES string of the molecule is CCCc1n[nH]c(=O)c2c1nc(C(C)C)n2Cc1ccccc1-c1ccccc1-c1nn[nH]n1. The number of tetrazole rings is 1. The van der Waals surface area contributed by atoms with Crippen LogP contribution in [0.3, 0.4) is 0 Å². The van der Waals surface area contributed by atoms with Gasteiger partial charge in [-0.2, -0.15) is 10.3 Å². The summed E-state index contributed by atoms with van der Waals surface area (Å²) in [7, 11) is 0. The lowest BCUT2D eigenvalue weighted by molar-refractivity contribution is 0.682. The fourth-order valence-electron chi connectivity index (χ4n) is 4.42. The Kier molecular flexibility index (Phi) is 5.75. The predicted octanol–water partition coefficient (Wildman–Crippen LogP) is 4.09. The number of nitrogens with one attached hydrogen (secondary N) is 2. The zero-order valence-electron chi connectivity index (χ0n) is 19.4. The molecule has 0 unspecified atom stereocenters. The van der Waals surface area contributed by atoms with Crippen LogP contribution in [0.2, 0.25) is 0 Å². The number of H-pyrrole nitrogens is 2. The predicted molar refractivity (Wildman–Crippen MR) is 130 cm³/mol. The van der Waals surface area contributed by atoms with E-state index in [2.05, 4.69) is 69.8 Å². The van der Waals surface area contributed by atoms with Crippen molar-refractivity contribution in [2.24, 2.45) is 0 Å². The van der Waals surface area contributed by atoms with Gasteiger partial charge in [0.1, 0.15) is 16.9 Å². The second kappa shape index (κ2) is 9.01. The summed E-state index contributed by atoms with van der Waals surface area (Å²) in [6, 6.07) is 16.2. The van der Waals surface area contributed by atoms with Gasteiger partial charge in [0.2, 0.25) is 5.82 Å². The van der Waals surface area contributed by atoms with E-state index < -0.39 is 0 Å². The average molecular weight is 455 g/mol. The molecule has 0 spiro atoms. The van der Waals surface area contributed by atoms with Crippen molar-refractivity contribution < 1.29 is 0 Å². The third-order valence-corrected chi connectivity index (χ3v) is 5.93. The van der Waals surface area contributed by atoms with Gasteiger partial charge in [0.15, 0.2) is 0 Å². The van der Waals surface area contributed by atoms with Gasteiger partial charge in [-0.25, -0.2) is 10.1 Å². The van der Waals surface area contributed by atoms with Gasteiger partial charge < -0.3 is 4.57 Å². The number of aromatic amines is 2. The molecule has 3 aromatic heterocycles. The summed E-state index contributed by atoms with van der Waals surface area (Å²) < 4.78 is 2.04. The Morgan fingerprint density at radius 1 is 0.971 bits per heavy atom. The first-order chi connectivity index (χ1) is 16.6. The Labute approximate surface area is 196 Å². The molecule has 2 N–H and O–H groups in total. The Hall–Kier alpha value is -4.14. The second-order valence-electron chi connectivity index (χ2n) is 8.60. The Morgan fingerprint density at radius 3 is 2.41 bits per heavy atom. The fourth-order valence-corrected chi connectivity index (χ4v) is 4.42. The van der Waals surface area contributed by atoms with Gasteiger partial charge in [-0.05, 0) is 28.3 Å². The van der Waals surface area contributed by atoms with Crippen LogP contribution in [0, 0.1) is 0 Å². The zero-order valence-corrected chi connectivity index (χ0v) is 19.4. The summed E-state index contributed by atoms with van der Waals surface area (Å²) in [6.07, 6.45) is 1.68. The van der Waals surface area contributed by atoms with Crippen molar-refractivity contribution in [3.05, 3.63) is 76.0 Å². The number of aromatic nitrogens is 8. The molecule has 0 atom stereocenters. The molecule has 0 aliphatic carbocycles. The lowest BCUT2D eigenvalue weighted by Gasteiger charge is -2.16. The topological polar surface area (TPSA) is 118 Å². The summed E-state index contributed by atoms with van der Waals surface area (Å²) in [5.41, 5.74) is 5.86. The summed E-state index contributed by atoms with van der Waals surface area (Å²) in [5, 5.41) is 21.6. The van der Waals surface area contributed by atoms with Gasteiger partial charge in [-0.1, -0.05) is 75.7 Å². The largest absolute Gasteiger partial charge is 0.319 e. The smallest absolute Gasteiger partial charge is 0.290 e. The molecular weight excluding hydrogens is 428 g/mol.